The highest BCUT2D eigenvalue weighted by atomic mass is 16.5. The van der Waals surface area contributed by atoms with Gasteiger partial charge in [-0.25, -0.2) is 4.79 Å². The molecule has 1 aromatic carbocycles. The lowest BCUT2D eigenvalue weighted by atomic mass is 9.76. The van der Waals surface area contributed by atoms with Crippen LogP contribution < -0.4 is 15.4 Å². The molecule has 3 amide bonds. The Morgan fingerprint density at radius 3 is 2.70 bits per heavy atom. The molecule has 1 fully saturated rings. The van der Waals surface area contributed by atoms with Crippen molar-refractivity contribution in [1.29, 1.82) is 0 Å². The van der Waals surface area contributed by atoms with Crippen LogP contribution in [0.1, 0.15) is 56.9 Å². The summed E-state index contributed by atoms with van der Waals surface area (Å²) in [6.07, 6.45) is 4.97. The van der Waals surface area contributed by atoms with Crippen LogP contribution in [0.15, 0.2) is 24.3 Å². The van der Waals surface area contributed by atoms with E-state index in [0.717, 1.165) is 50.0 Å². The first-order valence-electron chi connectivity index (χ1n) is 10.1. The van der Waals surface area contributed by atoms with Crippen molar-refractivity contribution in [2.24, 2.45) is 0 Å². The molecule has 0 aromatic heterocycles. The molecule has 1 saturated heterocycles. The molecule has 0 bridgehead atoms. The van der Waals surface area contributed by atoms with Crippen LogP contribution in [0.25, 0.3) is 0 Å². The Bertz CT molecular complexity index is 668. The molecule has 0 aliphatic carbocycles. The van der Waals surface area contributed by atoms with Gasteiger partial charge >= 0.3 is 6.03 Å². The Labute approximate surface area is 161 Å². The summed E-state index contributed by atoms with van der Waals surface area (Å²) in [5.41, 5.74) is 0.833. The average Bonchev–Trinajstić information content (AvgIpc) is 2.68. The fraction of sp³-hybridized carbons (Fsp3) is 0.619. The molecule has 148 valence electrons. The van der Waals surface area contributed by atoms with E-state index in [1.807, 2.05) is 23.1 Å². The van der Waals surface area contributed by atoms with Crippen LogP contribution in [-0.2, 0) is 4.79 Å². The van der Waals surface area contributed by atoms with E-state index in [1.165, 1.54) is 0 Å². The molecule has 2 heterocycles. The first-order chi connectivity index (χ1) is 13.1. The van der Waals surface area contributed by atoms with Gasteiger partial charge in [0.25, 0.3) is 0 Å². The van der Waals surface area contributed by atoms with Gasteiger partial charge in [-0.3, -0.25) is 4.79 Å². The lowest BCUT2D eigenvalue weighted by molar-refractivity contribution is -0.121. The highest BCUT2D eigenvalue weighted by Crippen LogP contribution is 2.46. The summed E-state index contributed by atoms with van der Waals surface area (Å²) in [5.74, 6) is 1.10. The van der Waals surface area contributed by atoms with Gasteiger partial charge < -0.3 is 20.3 Å². The molecule has 2 aliphatic rings. The molecular formula is C21H31N3O3. The van der Waals surface area contributed by atoms with Crippen LogP contribution in [0.3, 0.4) is 0 Å². The number of urea groups is 1. The van der Waals surface area contributed by atoms with E-state index in [2.05, 4.69) is 23.6 Å². The van der Waals surface area contributed by atoms with Crippen LogP contribution in [0.5, 0.6) is 5.75 Å². The second-order valence-corrected chi connectivity index (χ2v) is 7.67. The van der Waals surface area contributed by atoms with E-state index in [0.29, 0.717) is 19.5 Å². The maximum atomic E-state index is 12.3. The van der Waals surface area contributed by atoms with Gasteiger partial charge in [0.1, 0.15) is 11.4 Å². The van der Waals surface area contributed by atoms with E-state index in [9.17, 15) is 9.59 Å². The molecule has 0 radical (unpaired) electrons. The van der Waals surface area contributed by atoms with Crippen LogP contribution >= 0.6 is 0 Å². The number of hydrogen-bond acceptors (Lipinski definition) is 3. The first-order valence-corrected chi connectivity index (χ1v) is 10.1. The van der Waals surface area contributed by atoms with Gasteiger partial charge in [0.2, 0.25) is 5.91 Å². The summed E-state index contributed by atoms with van der Waals surface area (Å²) in [4.78, 5) is 26.2. The number of ether oxygens (including phenoxy) is 1. The maximum Gasteiger partial charge on any atom is 0.317 e. The number of likely N-dealkylation sites (tertiary alicyclic amines) is 1. The number of nitrogens with zero attached hydrogens (tertiary/aromatic N) is 1. The first kappa shape index (κ1) is 19.5. The van der Waals surface area contributed by atoms with Crippen molar-refractivity contribution in [3.8, 4) is 5.75 Å². The third-order valence-corrected chi connectivity index (χ3v) is 5.78. The maximum absolute atomic E-state index is 12.3. The number of hydrogen-bond donors (Lipinski definition) is 2. The average molecular weight is 373 g/mol. The summed E-state index contributed by atoms with van der Waals surface area (Å²) in [6, 6.07) is 8.06. The monoisotopic (exact) mass is 373 g/mol. The molecule has 0 saturated carbocycles. The van der Waals surface area contributed by atoms with Gasteiger partial charge in [0.05, 0.1) is 0 Å². The highest BCUT2D eigenvalue weighted by Gasteiger charge is 2.44. The molecule has 27 heavy (non-hydrogen) atoms. The van der Waals surface area contributed by atoms with Crippen molar-refractivity contribution in [2.45, 2.75) is 57.0 Å². The molecule has 6 nitrogen and oxygen atoms in total. The number of nitrogens with one attached hydrogen (secondary N) is 2. The zero-order valence-corrected chi connectivity index (χ0v) is 16.4. The van der Waals surface area contributed by atoms with E-state index in [-0.39, 0.29) is 23.5 Å². The molecule has 3 rings (SSSR count). The van der Waals surface area contributed by atoms with Crippen molar-refractivity contribution >= 4 is 11.9 Å². The molecule has 1 spiro atoms. The smallest absolute Gasteiger partial charge is 0.317 e. The summed E-state index contributed by atoms with van der Waals surface area (Å²) < 4.78 is 6.44. The minimum absolute atomic E-state index is 0.0245. The standard InChI is InChI=1S/C21H31N3O3/c1-3-4-11-23-20(26)24-12-9-21(10-13-24)15-16(14-19(25)22-2)17-7-5-6-8-18(17)27-21/h5-8,16H,3-4,9-15H2,1-2H3,(H,22,25)(H,23,26)/t16-/m0/s1. The molecule has 1 aromatic rings. The number of fused-ring (bicyclic) bond motifs is 1. The zero-order valence-electron chi connectivity index (χ0n) is 16.4. The minimum atomic E-state index is -0.284. The molecule has 2 N–H and O–H groups in total. The Morgan fingerprint density at radius 2 is 2.00 bits per heavy atom. The van der Waals surface area contributed by atoms with Crippen molar-refractivity contribution in [2.75, 3.05) is 26.7 Å². The number of unbranched alkanes of at least 4 members (excludes halogenated alkanes) is 1. The van der Waals surface area contributed by atoms with Crippen molar-refractivity contribution in [1.82, 2.24) is 15.5 Å². The summed E-state index contributed by atoms with van der Waals surface area (Å²) in [7, 11) is 1.68. The number of piperidine rings is 1. The Balaban J connectivity index is 1.67. The van der Waals surface area contributed by atoms with Gasteiger partial charge in [-0.15, -0.1) is 0 Å². The van der Waals surface area contributed by atoms with Gasteiger partial charge in [0.15, 0.2) is 0 Å². The Hall–Kier alpha value is -2.24. The largest absolute Gasteiger partial charge is 0.487 e. The van der Waals surface area contributed by atoms with E-state index < -0.39 is 0 Å². The zero-order chi connectivity index (χ0) is 19.3. The summed E-state index contributed by atoms with van der Waals surface area (Å²) in [6.45, 7) is 4.22. The Morgan fingerprint density at radius 1 is 1.26 bits per heavy atom. The number of carbonyl (C=O) groups excluding carboxylic acids is 2. The molecule has 2 aliphatic heterocycles. The minimum Gasteiger partial charge on any atom is -0.487 e. The Kier molecular flexibility index (Phi) is 6.24. The van der Waals surface area contributed by atoms with Gasteiger partial charge in [-0.05, 0) is 24.5 Å². The number of para-hydroxylation sites is 1. The molecular weight excluding hydrogens is 342 g/mol. The normalized spacial score (nSPS) is 20.5. The highest BCUT2D eigenvalue weighted by molar-refractivity contribution is 5.77. The van der Waals surface area contributed by atoms with Crippen LogP contribution in [0, 0.1) is 0 Å². The number of carbonyl (C=O) groups is 2. The number of rotatable bonds is 5. The topological polar surface area (TPSA) is 70.7 Å². The van der Waals surface area contributed by atoms with Crippen LogP contribution in [0.4, 0.5) is 4.79 Å². The summed E-state index contributed by atoms with van der Waals surface area (Å²) in [5, 5.41) is 5.74. The van der Waals surface area contributed by atoms with Crippen LogP contribution in [0.2, 0.25) is 0 Å². The van der Waals surface area contributed by atoms with Crippen LogP contribution in [-0.4, -0.2) is 49.1 Å². The van der Waals surface area contributed by atoms with E-state index in [4.69, 9.17) is 4.74 Å². The molecule has 6 heteroatoms. The van der Waals surface area contributed by atoms with E-state index in [1.54, 1.807) is 7.05 Å². The van der Waals surface area contributed by atoms with Crippen molar-refractivity contribution in [3.63, 3.8) is 0 Å². The fourth-order valence-corrected chi connectivity index (χ4v) is 4.16. The van der Waals surface area contributed by atoms with E-state index >= 15 is 0 Å². The predicted molar refractivity (Wildman–Crippen MR) is 105 cm³/mol. The third kappa shape index (κ3) is 4.54. The van der Waals surface area contributed by atoms with Gasteiger partial charge in [-0.1, -0.05) is 31.5 Å². The lowest BCUT2D eigenvalue weighted by Gasteiger charge is -2.46. The predicted octanol–water partition coefficient (Wildman–Crippen LogP) is 3.03. The second kappa shape index (κ2) is 8.63. The lowest BCUT2D eigenvalue weighted by Crippen LogP contribution is -2.53. The van der Waals surface area contributed by atoms with Crippen molar-refractivity contribution in [3.05, 3.63) is 29.8 Å². The molecule has 1 atom stereocenters. The fourth-order valence-electron chi connectivity index (χ4n) is 4.16. The van der Waals surface area contributed by atoms with Gasteiger partial charge in [0, 0.05) is 51.9 Å². The van der Waals surface area contributed by atoms with Gasteiger partial charge in [-0.2, -0.15) is 0 Å². The third-order valence-electron chi connectivity index (χ3n) is 5.78. The quantitative estimate of drug-likeness (QED) is 0.780. The number of benzene rings is 1. The van der Waals surface area contributed by atoms with Crippen molar-refractivity contribution < 1.29 is 14.3 Å². The SMILES string of the molecule is CCCCNC(=O)N1CCC2(CC1)C[C@H](CC(=O)NC)c1ccccc1O2. The molecule has 0 unspecified atom stereocenters. The summed E-state index contributed by atoms with van der Waals surface area (Å²) >= 11 is 0. The number of amides is 3. The second-order valence-electron chi connectivity index (χ2n) is 7.67.